The molecule has 1 aromatic carbocycles. The lowest BCUT2D eigenvalue weighted by Crippen LogP contribution is -2.45. The molecule has 0 saturated carbocycles. The second kappa shape index (κ2) is 9.24. The maximum atomic E-state index is 14.0. The van der Waals surface area contributed by atoms with Crippen molar-refractivity contribution in [3.05, 3.63) is 48.0 Å². The summed E-state index contributed by atoms with van der Waals surface area (Å²) in [5, 5.41) is 6.15. The summed E-state index contributed by atoms with van der Waals surface area (Å²) in [4.78, 5) is 28.6. The molecule has 0 radical (unpaired) electrons. The Labute approximate surface area is 155 Å². The van der Waals surface area contributed by atoms with Gasteiger partial charge >= 0.3 is 0 Å². The van der Waals surface area contributed by atoms with E-state index in [1.54, 1.807) is 6.07 Å². The highest BCUT2D eigenvalue weighted by Crippen LogP contribution is 2.11. The summed E-state index contributed by atoms with van der Waals surface area (Å²) in [5.74, 6) is -1.32. The van der Waals surface area contributed by atoms with Crippen molar-refractivity contribution in [2.45, 2.75) is 0 Å². The summed E-state index contributed by atoms with van der Waals surface area (Å²) in [6, 6.07) is 7.24. The lowest BCUT2D eigenvalue weighted by Gasteiger charge is -2.30. The van der Waals surface area contributed by atoms with E-state index in [1.165, 1.54) is 35.4 Å². The van der Waals surface area contributed by atoms with E-state index in [0.29, 0.717) is 26.3 Å². The molecule has 1 N–H and O–H groups in total. The van der Waals surface area contributed by atoms with E-state index in [-0.39, 0.29) is 17.9 Å². The fourth-order valence-corrected chi connectivity index (χ4v) is 2.78. The van der Waals surface area contributed by atoms with Crippen molar-refractivity contribution < 1.29 is 23.2 Å². The summed E-state index contributed by atoms with van der Waals surface area (Å²) in [6.07, 6.45) is 1.33. The number of morpholine rings is 1. The van der Waals surface area contributed by atoms with Crippen LogP contribution < -0.4 is 5.32 Å². The molecule has 1 aliphatic heterocycles. The fraction of sp³-hybridized carbons (Fsp3) is 0.389. The standard InChI is InChI=1S/C18H21FN4O4/c19-15-4-2-1-3-14(15)18(25)23(7-6-22-8-11-26-12-9-22)13-17(24)20-16-5-10-27-21-16/h1-5,10H,6-9,11-13H2,(H,20,21,24). The molecule has 0 atom stereocenters. The number of amides is 2. The topological polar surface area (TPSA) is 87.9 Å². The Hall–Kier alpha value is -2.78. The molecule has 144 valence electrons. The number of ether oxygens (including phenoxy) is 1. The summed E-state index contributed by atoms with van der Waals surface area (Å²) < 4.78 is 24.0. The van der Waals surface area contributed by atoms with E-state index in [0.717, 1.165) is 13.1 Å². The van der Waals surface area contributed by atoms with Gasteiger partial charge < -0.3 is 19.5 Å². The average Bonchev–Trinajstić information content (AvgIpc) is 3.18. The van der Waals surface area contributed by atoms with Crippen LogP contribution in [0, 0.1) is 5.82 Å². The zero-order valence-electron chi connectivity index (χ0n) is 14.8. The van der Waals surface area contributed by atoms with Gasteiger partial charge in [-0.3, -0.25) is 14.5 Å². The van der Waals surface area contributed by atoms with Crippen LogP contribution >= 0.6 is 0 Å². The summed E-state index contributed by atoms with van der Waals surface area (Å²) in [6.45, 7) is 3.42. The van der Waals surface area contributed by atoms with Gasteiger partial charge in [0, 0.05) is 32.2 Å². The minimum atomic E-state index is -0.615. The van der Waals surface area contributed by atoms with Crippen molar-refractivity contribution in [2.75, 3.05) is 51.3 Å². The van der Waals surface area contributed by atoms with Gasteiger partial charge in [-0.1, -0.05) is 17.3 Å². The molecule has 3 rings (SSSR count). The highest BCUT2D eigenvalue weighted by Gasteiger charge is 2.23. The molecule has 27 heavy (non-hydrogen) atoms. The highest BCUT2D eigenvalue weighted by molar-refractivity contribution is 5.99. The van der Waals surface area contributed by atoms with Crippen molar-refractivity contribution >= 4 is 17.6 Å². The zero-order valence-corrected chi connectivity index (χ0v) is 14.8. The number of hydrogen-bond acceptors (Lipinski definition) is 6. The number of nitrogens with one attached hydrogen (secondary N) is 1. The molecule has 2 heterocycles. The van der Waals surface area contributed by atoms with Crippen LogP contribution in [0.2, 0.25) is 0 Å². The number of benzene rings is 1. The third kappa shape index (κ3) is 5.35. The van der Waals surface area contributed by atoms with Crippen LogP contribution in [-0.2, 0) is 9.53 Å². The number of halogens is 1. The first-order valence-corrected chi connectivity index (χ1v) is 8.67. The van der Waals surface area contributed by atoms with Gasteiger partial charge in [0.2, 0.25) is 5.91 Å². The Balaban J connectivity index is 1.68. The van der Waals surface area contributed by atoms with Crippen LogP contribution in [0.3, 0.4) is 0 Å². The number of rotatable bonds is 7. The zero-order chi connectivity index (χ0) is 19.1. The first kappa shape index (κ1) is 19.0. The number of carbonyl (C=O) groups excluding carboxylic acids is 2. The van der Waals surface area contributed by atoms with Crippen LogP contribution in [0.25, 0.3) is 0 Å². The van der Waals surface area contributed by atoms with Crippen molar-refractivity contribution in [1.29, 1.82) is 0 Å². The van der Waals surface area contributed by atoms with Crippen molar-refractivity contribution in [1.82, 2.24) is 15.0 Å². The highest BCUT2D eigenvalue weighted by atomic mass is 19.1. The lowest BCUT2D eigenvalue weighted by atomic mass is 10.2. The fourth-order valence-electron chi connectivity index (χ4n) is 2.78. The van der Waals surface area contributed by atoms with E-state index in [4.69, 9.17) is 4.74 Å². The first-order chi connectivity index (χ1) is 13.1. The van der Waals surface area contributed by atoms with E-state index in [2.05, 4.69) is 19.9 Å². The molecule has 0 bridgehead atoms. The molecular weight excluding hydrogens is 355 g/mol. The second-order valence-corrected chi connectivity index (χ2v) is 6.09. The minimum Gasteiger partial charge on any atom is -0.379 e. The van der Waals surface area contributed by atoms with Crippen LogP contribution in [0.1, 0.15) is 10.4 Å². The molecule has 1 aliphatic rings. The smallest absolute Gasteiger partial charge is 0.257 e. The largest absolute Gasteiger partial charge is 0.379 e. The third-order valence-electron chi connectivity index (χ3n) is 4.22. The lowest BCUT2D eigenvalue weighted by molar-refractivity contribution is -0.117. The van der Waals surface area contributed by atoms with E-state index in [1.807, 2.05) is 0 Å². The maximum absolute atomic E-state index is 14.0. The first-order valence-electron chi connectivity index (χ1n) is 8.67. The summed E-state index contributed by atoms with van der Waals surface area (Å²) in [5.41, 5.74) is -0.0614. The molecule has 0 aliphatic carbocycles. The van der Waals surface area contributed by atoms with E-state index < -0.39 is 17.6 Å². The number of nitrogens with zero attached hydrogens (tertiary/aromatic N) is 3. The van der Waals surface area contributed by atoms with Gasteiger partial charge in [0.15, 0.2) is 5.82 Å². The quantitative estimate of drug-likeness (QED) is 0.782. The van der Waals surface area contributed by atoms with E-state index >= 15 is 0 Å². The predicted molar refractivity (Wildman–Crippen MR) is 94.7 cm³/mol. The van der Waals surface area contributed by atoms with Crippen LogP contribution in [0.4, 0.5) is 10.2 Å². The molecule has 9 heteroatoms. The Morgan fingerprint density at radius 2 is 2.00 bits per heavy atom. The normalized spacial score (nSPS) is 14.7. The van der Waals surface area contributed by atoms with Gasteiger partial charge in [-0.15, -0.1) is 0 Å². The van der Waals surface area contributed by atoms with Gasteiger partial charge in [-0.25, -0.2) is 4.39 Å². The Bertz CT molecular complexity index is 762. The monoisotopic (exact) mass is 376 g/mol. The molecule has 1 saturated heterocycles. The average molecular weight is 376 g/mol. The van der Waals surface area contributed by atoms with Crippen LogP contribution in [-0.4, -0.2) is 72.7 Å². The molecule has 2 amide bonds. The SMILES string of the molecule is O=C(CN(CCN1CCOCC1)C(=O)c1ccccc1F)Nc1ccon1. The van der Waals surface area contributed by atoms with Crippen molar-refractivity contribution in [2.24, 2.45) is 0 Å². The molecule has 0 spiro atoms. The summed E-state index contributed by atoms with van der Waals surface area (Å²) >= 11 is 0. The number of hydrogen-bond donors (Lipinski definition) is 1. The molecule has 1 aromatic heterocycles. The number of anilines is 1. The minimum absolute atomic E-state index is 0.0614. The van der Waals surface area contributed by atoms with Gasteiger partial charge in [0.1, 0.15) is 18.6 Å². The molecule has 8 nitrogen and oxygen atoms in total. The van der Waals surface area contributed by atoms with Crippen LogP contribution in [0.5, 0.6) is 0 Å². The van der Waals surface area contributed by atoms with Gasteiger partial charge in [-0.05, 0) is 12.1 Å². The predicted octanol–water partition coefficient (Wildman–Crippen LogP) is 1.23. The van der Waals surface area contributed by atoms with Crippen LogP contribution in [0.15, 0.2) is 41.1 Å². The summed E-state index contributed by atoms with van der Waals surface area (Å²) in [7, 11) is 0. The Morgan fingerprint density at radius 3 is 2.70 bits per heavy atom. The van der Waals surface area contributed by atoms with Crippen molar-refractivity contribution in [3.63, 3.8) is 0 Å². The Morgan fingerprint density at radius 1 is 1.22 bits per heavy atom. The molecule has 1 fully saturated rings. The van der Waals surface area contributed by atoms with Crippen molar-refractivity contribution in [3.8, 4) is 0 Å². The van der Waals surface area contributed by atoms with E-state index in [9.17, 15) is 14.0 Å². The van der Waals surface area contributed by atoms with Gasteiger partial charge in [-0.2, -0.15) is 0 Å². The number of carbonyl (C=O) groups is 2. The van der Waals surface area contributed by atoms with Gasteiger partial charge in [0.25, 0.3) is 5.91 Å². The third-order valence-corrected chi connectivity index (χ3v) is 4.22. The Kier molecular flexibility index (Phi) is 6.50. The molecule has 0 unspecified atom stereocenters. The second-order valence-electron chi connectivity index (χ2n) is 6.09. The van der Waals surface area contributed by atoms with Gasteiger partial charge in [0.05, 0.1) is 18.8 Å². The number of aromatic nitrogens is 1. The maximum Gasteiger partial charge on any atom is 0.257 e. The molecular formula is C18H21FN4O4. The molecule has 2 aromatic rings.